The average molecular weight is 371 g/mol. The van der Waals surface area contributed by atoms with Crippen LogP contribution in [0.15, 0.2) is 53.0 Å². The van der Waals surface area contributed by atoms with Crippen molar-refractivity contribution in [2.45, 2.75) is 11.7 Å². The number of benzene rings is 2. The van der Waals surface area contributed by atoms with E-state index in [1.807, 2.05) is 36.4 Å². The molecule has 2 aromatic rings. The number of thiol groups is 1. The monoisotopic (exact) mass is 369 g/mol. The molecule has 0 saturated carbocycles. The minimum absolute atomic E-state index is 0.165. The highest BCUT2D eigenvalue weighted by atomic mass is 79.9. The van der Waals surface area contributed by atoms with Crippen LogP contribution in [0.2, 0.25) is 5.02 Å². The number of anilines is 1. The molecule has 0 saturated heterocycles. The predicted molar refractivity (Wildman–Crippen MR) is 90.7 cm³/mol. The number of rotatable bonds is 4. The molecule has 1 atom stereocenters. The summed E-state index contributed by atoms with van der Waals surface area (Å²) in [5.74, 6) is -0.165. The molecule has 2 rings (SSSR count). The summed E-state index contributed by atoms with van der Waals surface area (Å²) in [5.41, 5.74) is 1.66. The average Bonchev–Trinajstić information content (AvgIpc) is 2.43. The number of hydrogen-bond donors (Lipinski definition) is 2. The van der Waals surface area contributed by atoms with Crippen LogP contribution in [0.5, 0.6) is 0 Å². The predicted octanol–water partition coefficient (Wildman–Crippen LogP) is 4.58. The zero-order valence-corrected chi connectivity index (χ0v) is 13.8. The lowest BCUT2D eigenvalue weighted by Crippen LogP contribution is -2.25. The van der Waals surface area contributed by atoms with Gasteiger partial charge in [-0.1, -0.05) is 57.9 Å². The van der Waals surface area contributed by atoms with Crippen LogP contribution in [0, 0.1) is 0 Å². The maximum Gasteiger partial charge on any atom is 0.237 e. The van der Waals surface area contributed by atoms with Gasteiger partial charge in [-0.3, -0.25) is 4.79 Å². The second kappa shape index (κ2) is 7.16. The summed E-state index contributed by atoms with van der Waals surface area (Å²) in [6.45, 7) is 0. The molecule has 1 unspecified atom stereocenters. The molecule has 0 fully saturated rings. The molecule has 20 heavy (non-hydrogen) atoms. The normalized spacial score (nSPS) is 11.9. The Hall–Kier alpha value is -0.970. The van der Waals surface area contributed by atoms with E-state index in [4.69, 9.17) is 11.6 Å². The minimum Gasteiger partial charge on any atom is -0.324 e. The first-order valence-corrected chi connectivity index (χ1v) is 7.73. The van der Waals surface area contributed by atoms with Crippen LogP contribution in [0.4, 0.5) is 5.69 Å². The quantitative estimate of drug-likeness (QED) is 0.758. The van der Waals surface area contributed by atoms with Crippen molar-refractivity contribution in [3.63, 3.8) is 0 Å². The number of carbonyl (C=O) groups is 1. The molecule has 2 aromatic carbocycles. The molecule has 0 spiro atoms. The van der Waals surface area contributed by atoms with Crippen molar-refractivity contribution < 1.29 is 4.79 Å². The molecule has 0 aliphatic rings. The lowest BCUT2D eigenvalue weighted by atomic mass is 10.1. The van der Waals surface area contributed by atoms with Crippen LogP contribution in [-0.4, -0.2) is 11.2 Å². The first kappa shape index (κ1) is 15.4. The van der Waals surface area contributed by atoms with E-state index in [1.54, 1.807) is 12.1 Å². The fourth-order valence-corrected chi connectivity index (χ4v) is 2.73. The molecule has 1 N–H and O–H groups in total. The molecule has 5 heteroatoms. The third kappa shape index (κ3) is 4.27. The van der Waals surface area contributed by atoms with E-state index in [9.17, 15) is 4.79 Å². The third-order valence-electron chi connectivity index (χ3n) is 2.76. The van der Waals surface area contributed by atoms with Crippen LogP contribution in [0.25, 0.3) is 0 Å². The topological polar surface area (TPSA) is 29.1 Å². The van der Waals surface area contributed by atoms with Crippen molar-refractivity contribution >= 4 is 51.8 Å². The Balaban J connectivity index is 2.01. The summed E-state index contributed by atoms with van der Waals surface area (Å²) in [7, 11) is 0. The molecule has 1 amide bonds. The van der Waals surface area contributed by atoms with Crippen molar-refractivity contribution in [2.24, 2.45) is 0 Å². The Kier molecular flexibility index (Phi) is 5.52. The number of halogens is 2. The second-order valence-corrected chi connectivity index (χ2v) is 6.27. The molecule has 0 aliphatic carbocycles. The van der Waals surface area contributed by atoms with Crippen LogP contribution in [-0.2, 0) is 11.2 Å². The van der Waals surface area contributed by atoms with Crippen molar-refractivity contribution in [3.05, 3.63) is 63.6 Å². The lowest BCUT2D eigenvalue weighted by Gasteiger charge is -2.12. The van der Waals surface area contributed by atoms with E-state index < -0.39 is 5.25 Å². The van der Waals surface area contributed by atoms with Crippen molar-refractivity contribution in [1.82, 2.24) is 0 Å². The first-order chi connectivity index (χ1) is 9.56. The fraction of sp³-hybridized carbons (Fsp3) is 0.133. The molecular formula is C15H13BrClNOS. The number of hydrogen-bond acceptors (Lipinski definition) is 2. The number of carbonyl (C=O) groups excluding carboxylic acids is 1. The highest BCUT2D eigenvalue weighted by molar-refractivity contribution is 9.10. The molecular weight excluding hydrogens is 358 g/mol. The van der Waals surface area contributed by atoms with Gasteiger partial charge in [-0.25, -0.2) is 0 Å². The van der Waals surface area contributed by atoms with Gasteiger partial charge in [-0.05, 0) is 30.2 Å². The van der Waals surface area contributed by atoms with Crippen molar-refractivity contribution in [3.8, 4) is 0 Å². The van der Waals surface area contributed by atoms with E-state index in [0.717, 1.165) is 10.0 Å². The Labute approximate surface area is 137 Å². The minimum atomic E-state index is -0.419. The molecule has 104 valence electrons. The molecule has 2 nitrogen and oxygen atoms in total. The Morgan fingerprint density at radius 1 is 1.25 bits per heavy atom. The third-order valence-corrected chi connectivity index (χ3v) is 3.99. The SMILES string of the molecule is O=C(Nc1ccc(Br)cc1Cl)C(S)Cc1ccccc1. The van der Waals surface area contributed by atoms with Crippen molar-refractivity contribution in [1.29, 1.82) is 0 Å². The lowest BCUT2D eigenvalue weighted by molar-refractivity contribution is -0.115. The largest absolute Gasteiger partial charge is 0.324 e. The Morgan fingerprint density at radius 3 is 2.60 bits per heavy atom. The molecule has 0 bridgehead atoms. The van der Waals surface area contributed by atoms with Gasteiger partial charge in [0.05, 0.1) is 16.0 Å². The van der Waals surface area contributed by atoms with Gasteiger partial charge in [0, 0.05) is 4.47 Å². The van der Waals surface area contributed by atoms with Crippen LogP contribution >= 0.6 is 40.2 Å². The van der Waals surface area contributed by atoms with E-state index >= 15 is 0 Å². The van der Waals surface area contributed by atoms with Gasteiger partial charge >= 0.3 is 0 Å². The van der Waals surface area contributed by atoms with Crippen LogP contribution in [0.1, 0.15) is 5.56 Å². The summed E-state index contributed by atoms with van der Waals surface area (Å²) in [6.07, 6.45) is 0.573. The molecule has 0 radical (unpaired) electrons. The number of nitrogens with one attached hydrogen (secondary N) is 1. The standard InChI is InChI=1S/C15H13BrClNOS/c16-11-6-7-13(12(17)9-11)18-15(19)14(20)8-10-4-2-1-3-5-10/h1-7,9,14,20H,8H2,(H,18,19). The maximum atomic E-state index is 12.1. The van der Waals surface area contributed by atoms with Gasteiger partial charge in [0.1, 0.15) is 0 Å². The van der Waals surface area contributed by atoms with Crippen molar-refractivity contribution in [2.75, 3.05) is 5.32 Å². The van der Waals surface area contributed by atoms with Gasteiger partial charge in [0.15, 0.2) is 0 Å². The Bertz CT molecular complexity index is 606. The van der Waals surface area contributed by atoms with E-state index in [0.29, 0.717) is 17.1 Å². The van der Waals surface area contributed by atoms with E-state index in [-0.39, 0.29) is 5.91 Å². The summed E-state index contributed by atoms with van der Waals surface area (Å²) < 4.78 is 0.868. The first-order valence-electron chi connectivity index (χ1n) is 6.04. The second-order valence-electron chi connectivity index (χ2n) is 4.32. The highest BCUT2D eigenvalue weighted by Crippen LogP contribution is 2.26. The molecule has 0 aliphatic heterocycles. The zero-order valence-electron chi connectivity index (χ0n) is 10.5. The van der Waals surface area contributed by atoms with Gasteiger partial charge in [-0.2, -0.15) is 12.6 Å². The summed E-state index contributed by atoms with van der Waals surface area (Å²) in [6, 6.07) is 15.1. The van der Waals surface area contributed by atoms with Gasteiger partial charge < -0.3 is 5.32 Å². The molecule has 0 aromatic heterocycles. The smallest absolute Gasteiger partial charge is 0.237 e. The number of amides is 1. The fourth-order valence-electron chi connectivity index (χ4n) is 1.74. The highest BCUT2D eigenvalue weighted by Gasteiger charge is 2.15. The summed E-state index contributed by atoms with van der Waals surface area (Å²) in [5, 5.41) is 2.86. The van der Waals surface area contributed by atoms with Crippen LogP contribution < -0.4 is 5.32 Å². The molecule has 0 heterocycles. The van der Waals surface area contributed by atoms with Crippen LogP contribution in [0.3, 0.4) is 0 Å². The maximum absolute atomic E-state index is 12.1. The Morgan fingerprint density at radius 2 is 1.95 bits per heavy atom. The van der Waals surface area contributed by atoms with E-state index in [1.165, 1.54) is 0 Å². The zero-order chi connectivity index (χ0) is 14.5. The van der Waals surface area contributed by atoms with Gasteiger partial charge in [-0.15, -0.1) is 0 Å². The summed E-state index contributed by atoms with van der Waals surface area (Å²) in [4.78, 5) is 12.1. The van der Waals surface area contributed by atoms with Gasteiger partial charge in [0.25, 0.3) is 0 Å². The van der Waals surface area contributed by atoms with E-state index in [2.05, 4.69) is 33.9 Å². The summed E-state index contributed by atoms with van der Waals surface area (Å²) >= 11 is 13.7. The van der Waals surface area contributed by atoms with Gasteiger partial charge in [0.2, 0.25) is 5.91 Å².